The number of alkyl halides is 3. The van der Waals surface area contributed by atoms with Crippen LogP contribution in [0.15, 0.2) is 35.2 Å². The Balaban J connectivity index is 2.36. The summed E-state index contributed by atoms with van der Waals surface area (Å²) >= 11 is 0. The maximum absolute atomic E-state index is 12.4. The number of aromatic nitrogens is 1. The lowest BCUT2D eigenvalue weighted by atomic mass is 10.0. The lowest BCUT2D eigenvalue weighted by Crippen LogP contribution is -2.17. The summed E-state index contributed by atoms with van der Waals surface area (Å²) in [6.07, 6.45) is -1.57. The summed E-state index contributed by atoms with van der Waals surface area (Å²) in [5.41, 5.74) is 1.53. The Morgan fingerprint density at radius 3 is 2.70 bits per heavy atom. The first-order chi connectivity index (χ1) is 9.49. The fourth-order valence-electron chi connectivity index (χ4n) is 1.73. The van der Waals surface area contributed by atoms with E-state index in [4.69, 9.17) is 4.74 Å². The van der Waals surface area contributed by atoms with Gasteiger partial charge in [0.05, 0.1) is 12.8 Å². The largest absolute Gasteiger partial charge is 0.573 e. The van der Waals surface area contributed by atoms with Crippen molar-refractivity contribution >= 4 is 0 Å². The summed E-state index contributed by atoms with van der Waals surface area (Å²) in [4.78, 5) is 0. The molecule has 0 bridgehead atoms. The fraction of sp³-hybridized carbons (Fsp3) is 0.308. The van der Waals surface area contributed by atoms with Crippen LogP contribution < -0.4 is 4.74 Å². The van der Waals surface area contributed by atoms with E-state index in [2.05, 4.69) is 14.4 Å². The first kappa shape index (κ1) is 14.4. The number of hydrogen-bond acceptors (Lipinski definition) is 4. The SMILES string of the molecule is COCCc1ccc(OC(F)(F)F)c(-c2cnoc2)c1. The number of ether oxygens (including phenoxy) is 2. The third-order valence-corrected chi connectivity index (χ3v) is 2.61. The van der Waals surface area contributed by atoms with Gasteiger partial charge in [0.25, 0.3) is 0 Å². The molecule has 2 rings (SSSR count). The first-order valence-corrected chi connectivity index (χ1v) is 5.77. The van der Waals surface area contributed by atoms with Crippen molar-refractivity contribution < 1.29 is 27.2 Å². The van der Waals surface area contributed by atoms with Crippen LogP contribution in [-0.2, 0) is 11.2 Å². The van der Waals surface area contributed by atoms with Gasteiger partial charge in [-0.05, 0) is 24.1 Å². The van der Waals surface area contributed by atoms with E-state index in [9.17, 15) is 13.2 Å². The van der Waals surface area contributed by atoms with Gasteiger partial charge in [0.2, 0.25) is 0 Å². The highest BCUT2D eigenvalue weighted by atomic mass is 19.4. The number of nitrogens with zero attached hydrogens (tertiary/aromatic N) is 1. The molecule has 2 aromatic rings. The van der Waals surface area contributed by atoms with Crippen molar-refractivity contribution in [1.82, 2.24) is 5.16 Å². The van der Waals surface area contributed by atoms with Crippen molar-refractivity contribution in [2.45, 2.75) is 12.8 Å². The first-order valence-electron chi connectivity index (χ1n) is 5.77. The van der Waals surface area contributed by atoms with Crippen LogP contribution in [-0.4, -0.2) is 25.2 Å². The van der Waals surface area contributed by atoms with Gasteiger partial charge in [-0.1, -0.05) is 11.2 Å². The second-order valence-corrected chi connectivity index (χ2v) is 4.03. The van der Waals surface area contributed by atoms with Gasteiger partial charge in [-0.2, -0.15) is 0 Å². The average molecular weight is 287 g/mol. The molecule has 0 unspecified atom stereocenters. The molecule has 4 nitrogen and oxygen atoms in total. The van der Waals surface area contributed by atoms with E-state index < -0.39 is 6.36 Å². The normalized spacial score (nSPS) is 11.6. The van der Waals surface area contributed by atoms with Gasteiger partial charge in [0, 0.05) is 18.2 Å². The standard InChI is InChI=1S/C13H12F3NO3/c1-18-5-4-9-2-3-12(20-13(14,15)16)11(6-9)10-7-17-19-8-10/h2-3,6-8H,4-5H2,1H3. The molecule has 0 radical (unpaired) electrons. The second-order valence-electron chi connectivity index (χ2n) is 4.03. The Hall–Kier alpha value is -2.02. The van der Waals surface area contributed by atoms with Crippen molar-refractivity contribution in [3.8, 4) is 16.9 Å². The molecule has 0 N–H and O–H groups in total. The second kappa shape index (κ2) is 5.96. The van der Waals surface area contributed by atoms with Crippen LogP contribution in [0, 0.1) is 0 Å². The third kappa shape index (κ3) is 3.74. The van der Waals surface area contributed by atoms with E-state index in [-0.39, 0.29) is 11.3 Å². The molecule has 0 aliphatic carbocycles. The van der Waals surface area contributed by atoms with E-state index in [0.29, 0.717) is 18.6 Å². The zero-order chi connectivity index (χ0) is 14.6. The highest BCUT2D eigenvalue weighted by Gasteiger charge is 2.32. The molecule has 1 aromatic heterocycles. The van der Waals surface area contributed by atoms with E-state index >= 15 is 0 Å². The molecule has 0 spiro atoms. The van der Waals surface area contributed by atoms with Gasteiger partial charge in [-0.3, -0.25) is 0 Å². The van der Waals surface area contributed by atoms with Crippen LogP contribution in [0.1, 0.15) is 5.56 Å². The lowest BCUT2D eigenvalue weighted by molar-refractivity contribution is -0.274. The van der Waals surface area contributed by atoms with Crippen molar-refractivity contribution in [3.05, 3.63) is 36.2 Å². The van der Waals surface area contributed by atoms with E-state index in [1.807, 2.05) is 0 Å². The van der Waals surface area contributed by atoms with Gasteiger partial charge in [0.1, 0.15) is 12.0 Å². The number of hydrogen-bond donors (Lipinski definition) is 0. The van der Waals surface area contributed by atoms with E-state index in [1.54, 1.807) is 19.2 Å². The fourth-order valence-corrected chi connectivity index (χ4v) is 1.73. The van der Waals surface area contributed by atoms with Crippen LogP contribution in [0.3, 0.4) is 0 Å². The summed E-state index contributed by atoms with van der Waals surface area (Å²) in [6, 6.07) is 4.45. The van der Waals surface area contributed by atoms with Crippen LogP contribution in [0.4, 0.5) is 13.2 Å². The Morgan fingerprint density at radius 1 is 1.30 bits per heavy atom. The molecule has 0 aliphatic heterocycles. The minimum absolute atomic E-state index is 0.275. The Morgan fingerprint density at radius 2 is 2.10 bits per heavy atom. The zero-order valence-corrected chi connectivity index (χ0v) is 10.6. The Bertz CT molecular complexity index is 552. The molecular weight excluding hydrogens is 275 g/mol. The summed E-state index contributed by atoms with van der Waals surface area (Å²) in [5, 5.41) is 3.49. The maximum atomic E-state index is 12.4. The van der Waals surface area contributed by atoms with Gasteiger partial charge >= 0.3 is 6.36 Å². The highest BCUT2D eigenvalue weighted by molar-refractivity contribution is 5.69. The molecule has 0 saturated carbocycles. The number of benzene rings is 1. The lowest BCUT2D eigenvalue weighted by Gasteiger charge is -2.13. The van der Waals surface area contributed by atoms with Crippen LogP contribution in [0.2, 0.25) is 0 Å². The molecule has 0 aliphatic rings. The van der Waals surface area contributed by atoms with Crippen LogP contribution >= 0.6 is 0 Å². The molecule has 0 fully saturated rings. The van der Waals surface area contributed by atoms with Crippen molar-refractivity contribution in [3.63, 3.8) is 0 Å². The van der Waals surface area contributed by atoms with Gasteiger partial charge in [-0.25, -0.2) is 0 Å². The zero-order valence-electron chi connectivity index (χ0n) is 10.6. The minimum Gasteiger partial charge on any atom is -0.405 e. The molecule has 7 heteroatoms. The van der Waals surface area contributed by atoms with Gasteiger partial charge in [-0.15, -0.1) is 13.2 Å². The third-order valence-electron chi connectivity index (χ3n) is 2.61. The molecule has 0 amide bonds. The monoisotopic (exact) mass is 287 g/mol. The average Bonchev–Trinajstić information content (AvgIpc) is 2.89. The predicted octanol–water partition coefficient (Wildman–Crippen LogP) is 3.43. The summed E-state index contributed by atoms with van der Waals surface area (Å²) in [5.74, 6) is -0.290. The van der Waals surface area contributed by atoms with E-state index in [1.165, 1.54) is 18.5 Å². The molecule has 108 valence electrons. The van der Waals surface area contributed by atoms with Crippen LogP contribution in [0.5, 0.6) is 5.75 Å². The van der Waals surface area contributed by atoms with Crippen molar-refractivity contribution in [1.29, 1.82) is 0 Å². The van der Waals surface area contributed by atoms with Crippen LogP contribution in [0.25, 0.3) is 11.1 Å². The topological polar surface area (TPSA) is 44.5 Å². The Labute approximate surface area is 113 Å². The highest BCUT2D eigenvalue weighted by Crippen LogP contribution is 2.34. The Kier molecular flexibility index (Phi) is 4.29. The maximum Gasteiger partial charge on any atom is 0.573 e. The molecule has 1 heterocycles. The van der Waals surface area contributed by atoms with E-state index in [0.717, 1.165) is 5.56 Å². The number of rotatable bonds is 5. The molecule has 20 heavy (non-hydrogen) atoms. The molecule has 0 saturated heterocycles. The number of halogens is 3. The van der Waals surface area contributed by atoms with Crippen molar-refractivity contribution in [2.24, 2.45) is 0 Å². The quantitative estimate of drug-likeness (QED) is 0.845. The molecule has 1 aromatic carbocycles. The smallest absolute Gasteiger partial charge is 0.405 e. The molecular formula is C13H12F3NO3. The molecule has 0 atom stereocenters. The van der Waals surface area contributed by atoms with Gasteiger partial charge < -0.3 is 14.0 Å². The number of methoxy groups -OCH3 is 1. The van der Waals surface area contributed by atoms with Crippen molar-refractivity contribution in [2.75, 3.05) is 13.7 Å². The summed E-state index contributed by atoms with van der Waals surface area (Å²) < 4.78 is 50.8. The summed E-state index contributed by atoms with van der Waals surface area (Å²) in [6.45, 7) is 0.475. The predicted molar refractivity (Wildman–Crippen MR) is 64.2 cm³/mol. The van der Waals surface area contributed by atoms with Gasteiger partial charge in [0.15, 0.2) is 0 Å². The minimum atomic E-state index is -4.75. The summed E-state index contributed by atoms with van der Waals surface area (Å²) in [7, 11) is 1.56.